The van der Waals surface area contributed by atoms with E-state index in [-0.39, 0.29) is 5.56 Å². The average molecular weight is 391 g/mol. The van der Waals surface area contributed by atoms with Crippen molar-refractivity contribution in [2.45, 2.75) is 26.1 Å². The van der Waals surface area contributed by atoms with Crippen molar-refractivity contribution in [3.8, 4) is 0 Å². The second kappa shape index (κ2) is 7.53. The third kappa shape index (κ3) is 4.11. The van der Waals surface area contributed by atoms with Gasteiger partial charge in [-0.3, -0.25) is 9.59 Å². The minimum absolute atomic E-state index is 0.229. The molecule has 0 fully saturated rings. The molecule has 1 amide bonds. The van der Waals surface area contributed by atoms with E-state index in [1.54, 1.807) is 19.2 Å². The van der Waals surface area contributed by atoms with Gasteiger partial charge in [-0.05, 0) is 36.6 Å². The van der Waals surface area contributed by atoms with Crippen molar-refractivity contribution >= 4 is 16.8 Å². The molecule has 2 aromatic heterocycles. The maximum absolute atomic E-state index is 12.8. The highest BCUT2D eigenvalue weighted by Crippen LogP contribution is 2.19. The molecule has 0 saturated carbocycles. The number of aromatic amines is 1. The number of halogens is 3. The molecule has 1 N–H and O–H groups in total. The number of aromatic nitrogens is 2. The molecular formula is C20H20F3N3O2. The number of carbonyl (C=O) groups excluding carboxylic acids is 1. The molecule has 0 atom stereocenters. The van der Waals surface area contributed by atoms with Gasteiger partial charge in [-0.1, -0.05) is 18.2 Å². The van der Waals surface area contributed by atoms with Gasteiger partial charge in [0.05, 0.1) is 0 Å². The van der Waals surface area contributed by atoms with Crippen LogP contribution in [0.3, 0.4) is 0 Å². The van der Waals surface area contributed by atoms with Crippen LogP contribution in [0.2, 0.25) is 0 Å². The van der Waals surface area contributed by atoms with Gasteiger partial charge >= 0.3 is 6.18 Å². The van der Waals surface area contributed by atoms with E-state index in [0.717, 1.165) is 23.5 Å². The van der Waals surface area contributed by atoms with Crippen LogP contribution in [0.1, 0.15) is 21.5 Å². The predicted molar refractivity (Wildman–Crippen MR) is 100 cm³/mol. The van der Waals surface area contributed by atoms with Gasteiger partial charge in [-0.15, -0.1) is 0 Å². The normalized spacial score (nSPS) is 11.8. The number of H-pyrrole nitrogens is 1. The zero-order valence-electron chi connectivity index (χ0n) is 15.5. The Morgan fingerprint density at radius 2 is 1.93 bits per heavy atom. The maximum atomic E-state index is 12.8. The van der Waals surface area contributed by atoms with Crippen LogP contribution in [0.4, 0.5) is 13.2 Å². The van der Waals surface area contributed by atoms with Gasteiger partial charge in [-0.2, -0.15) is 13.2 Å². The Morgan fingerprint density at radius 3 is 2.64 bits per heavy atom. The van der Waals surface area contributed by atoms with E-state index in [1.807, 2.05) is 30.5 Å². The van der Waals surface area contributed by atoms with E-state index in [1.165, 1.54) is 4.57 Å². The lowest BCUT2D eigenvalue weighted by Gasteiger charge is -2.20. The number of nitrogens with zero attached hydrogens (tertiary/aromatic N) is 2. The number of rotatable bonds is 5. The number of hydrogen-bond acceptors (Lipinski definition) is 2. The average Bonchev–Trinajstić information content (AvgIpc) is 3.03. The van der Waals surface area contributed by atoms with E-state index in [4.69, 9.17) is 0 Å². The molecule has 1 aromatic carbocycles. The SMILES string of the molecule is Cc1ccn(CCc2c[nH]c3ccccc23)c(=O)c1C(=O)N(C)CC(F)(F)F. The van der Waals surface area contributed by atoms with Crippen molar-refractivity contribution in [2.75, 3.05) is 13.6 Å². The standard InChI is InChI=1S/C20H20F3N3O2/c1-13-7-9-26(10-8-14-11-24-16-6-4-3-5-15(14)16)19(28)17(13)18(27)25(2)12-20(21,22)23/h3-7,9,11,24H,8,10,12H2,1-2H3. The Kier molecular flexibility index (Phi) is 5.31. The van der Waals surface area contributed by atoms with Gasteiger partial charge in [0.25, 0.3) is 11.5 Å². The van der Waals surface area contributed by atoms with E-state index in [9.17, 15) is 22.8 Å². The molecular weight excluding hydrogens is 371 g/mol. The van der Waals surface area contributed by atoms with Crippen LogP contribution in [-0.4, -0.2) is 40.1 Å². The summed E-state index contributed by atoms with van der Waals surface area (Å²) in [7, 11) is 1.04. The smallest absolute Gasteiger partial charge is 0.361 e. The van der Waals surface area contributed by atoms with Gasteiger partial charge in [0.1, 0.15) is 12.1 Å². The number of hydrogen-bond donors (Lipinski definition) is 1. The molecule has 2 heterocycles. The van der Waals surface area contributed by atoms with Crippen LogP contribution in [0.5, 0.6) is 0 Å². The third-order valence-electron chi connectivity index (χ3n) is 4.65. The van der Waals surface area contributed by atoms with Gasteiger partial charge in [0.15, 0.2) is 0 Å². The van der Waals surface area contributed by atoms with Crippen LogP contribution in [0.15, 0.2) is 47.5 Å². The topological polar surface area (TPSA) is 58.1 Å². The Hall–Kier alpha value is -3.03. The molecule has 8 heteroatoms. The molecule has 0 saturated heterocycles. The largest absolute Gasteiger partial charge is 0.406 e. The van der Waals surface area contributed by atoms with Gasteiger partial charge < -0.3 is 14.5 Å². The number of alkyl halides is 3. The molecule has 0 bridgehead atoms. The summed E-state index contributed by atoms with van der Waals surface area (Å²) in [5.41, 5.74) is 1.54. The van der Waals surface area contributed by atoms with Crippen LogP contribution >= 0.6 is 0 Å². The lowest BCUT2D eigenvalue weighted by Crippen LogP contribution is -2.40. The predicted octanol–water partition coefficient (Wildman–Crippen LogP) is 3.52. The summed E-state index contributed by atoms with van der Waals surface area (Å²) in [4.78, 5) is 28.9. The number of benzene rings is 1. The van der Waals surface area contributed by atoms with Crippen molar-refractivity contribution in [3.05, 3.63) is 69.8 Å². The van der Waals surface area contributed by atoms with Crippen LogP contribution in [0, 0.1) is 6.92 Å². The number of pyridine rings is 1. The molecule has 148 valence electrons. The first-order chi connectivity index (χ1) is 13.2. The summed E-state index contributed by atoms with van der Waals surface area (Å²) in [6.07, 6.45) is -0.555. The zero-order valence-corrected chi connectivity index (χ0v) is 15.5. The summed E-state index contributed by atoms with van der Waals surface area (Å²) in [5.74, 6) is -0.929. The van der Waals surface area contributed by atoms with Crippen molar-refractivity contribution in [2.24, 2.45) is 0 Å². The monoisotopic (exact) mass is 391 g/mol. The highest BCUT2D eigenvalue weighted by molar-refractivity contribution is 5.95. The number of fused-ring (bicyclic) bond motifs is 1. The molecule has 28 heavy (non-hydrogen) atoms. The fourth-order valence-electron chi connectivity index (χ4n) is 3.21. The van der Waals surface area contributed by atoms with E-state index in [2.05, 4.69) is 4.98 Å². The van der Waals surface area contributed by atoms with Crippen molar-refractivity contribution < 1.29 is 18.0 Å². The van der Waals surface area contributed by atoms with Gasteiger partial charge in [0, 0.05) is 36.9 Å². The molecule has 0 radical (unpaired) electrons. The van der Waals surface area contributed by atoms with Crippen LogP contribution < -0.4 is 5.56 Å². The molecule has 0 aliphatic heterocycles. The summed E-state index contributed by atoms with van der Waals surface area (Å²) in [6.45, 7) is 0.444. The Balaban J connectivity index is 1.84. The molecule has 3 rings (SSSR count). The third-order valence-corrected chi connectivity index (χ3v) is 4.65. The fraction of sp³-hybridized carbons (Fsp3) is 0.300. The Bertz CT molecular complexity index is 1070. The minimum atomic E-state index is -4.53. The maximum Gasteiger partial charge on any atom is 0.406 e. The van der Waals surface area contributed by atoms with E-state index < -0.39 is 24.2 Å². The van der Waals surface area contributed by atoms with E-state index in [0.29, 0.717) is 23.4 Å². The van der Waals surface area contributed by atoms with Gasteiger partial charge in [-0.25, -0.2) is 0 Å². The molecule has 5 nitrogen and oxygen atoms in total. The van der Waals surface area contributed by atoms with Crippen LogP contribution in [0.25, 0.3) is 10.9 Å². The van der Waals surface area contributed by atoms with Crippen LogP contribution in [-0.2, 0) is 13.0 Å². The second-order valence-corrected chi connectivity index (χ2v) is 6.76. The molecule has 3 aromatic rings. The molecule has 0 spiro atoms. The lowest BCUT2D eigenvalue weighted by atomic mass is 10.1. The van der Waals surface area contributed by atoms with E-state index >= 15 is 0 Å². The summed E-state index contributed by atoms with van der Waals surface area (Å²) in [6, 6.07) is 9.34. The minimum Gasteiger partial charge on any atom is -0.361 e. The number of carbonyl (C=O) groups is 1. The van der Waals surface area contributed by atoms with Crippen molar-refractivity contribution in [3.63, 3.8) is 0 Å². The quantitative estimate of drug-likeness (QED) is 0.724. The highest BCUT2D eigenvalue weighted by atomic mass is 19.4. The van der Waals surface area contributed by atoms with Crippen molar-refractivity contribution in [1.29, 1.82) is 0 Å². The first-order valence-electron chi connectivity index (χ1n) is 8.74. The van der Waals surface area contributed by atoms with Gasteiger partial charge in [0.2, 0.25) is 0 Å². The summed E-state index contributed by atoms with van der Waals surface area (Å²) < 4.78 is 39.1. The first-order valence-corrected chi connectivity index (χ1v) is 8.74. The first kappa shape index (κ1) is 19.7. The molecule has 0 unspecified atom stereocenters. The number of nitrogens with one attached hydrogen (secondary N) is 1. The highest BCUT2D eigenvalue weighted by Gasteiger charge is 2.32. The summed E-state index contributed by atoms with van der Waals surface area (Å²) >= 11 is 0. The lowest BCUT2D eigenvalue weighted by molar-refractivity contribution is -0.138. The Morgan fingerprint density at radius 1 is 1.21 bits per heavy atom. The Labute approximate surface area is 159 Å². The van der Waals surface area contributed by atoms with Crippen molar-refractivity contribution in [1.82, 2.24) is 14.5 Å². The fourth-order valence-corrected chi connectivity index (χ4v) is 3.21. The number of para-hydroxylation sites is 1. The summed E-state index contributed by atoms with van der Waals surface area (Å²) in [5, 5.41) is 1.05. The molecule has 0 aliphatic rings. The molecule has 0 aliphatic carbocycles. The number of amides is 1. The second-order valence-electron chi connectivity index (χ2n) is 6.76. The number of aryl methyl sites for hydroxylation is 3. The zero-order chi connectivity index (χ0) is 20.5.